The van der Waals surface area contributed by atoms with Crippen molar-refractivity contribution in [3.63, 3.8) is 0 Å². The van der Waals surface area contributed by atoms with Crippen molar-refractivity contribution in [2.75, 3.05) is 17.3 Å². The monoisotopic (exact) mass is 263 g/mol. The van der Waals surface area contributed by atoms with E-state index in [9.17, 15) is 0 Å². The van der Waals surface area contributed by atoms with Gasteiger partial charge < -0.3 is 10.7 Å². The maximum Gasteiger partial charge on any atom is 0.145 e. The van der Waals surface area contributed by atoms with Gasteiger partial charge in [0, 0.05) is 18.5 Å². The number of nitrogens with two attached hydrogens (primary N) is 1. The Morgan fingerprint density at radius 3 is 2.53 bits per heavy atom. The largest absolute Gasteiger partial charge is 0.370 e. The number of hydrogen-bond acceptors (Lipinski definition) is 5. The molecule has 0 radical (unpaired) electrons. The van der Waals surface area contributed by atoms with Gasteiger partial charge in [0.1, 0.15) is 17.5 Å². The molecule has 0 amide bonds. The molecule has 5 nitrogen and oxygen atoms in total. The van der Waals surface area contributed by atoms with E-state index in [1.54, 1.807) is 0 Å². The van der Waals surface area contributed by atoms with Crippen LogP contribution < -0.4 is 16.6 Å². The molecule has 1 aromatic heterocycles. The minimum Gasteiger partial charge on any atom is -0.370 e. The van der Waals surface area contributed by atoms with Crippen molar-refractivity contribution in [3.8, 4) is 0 Å². The fraction of sp³-hybridized carbons (Fsp3) is 0.714. The smallest absolute Gasteiger partial charge is 0.145 e. The Kier molecular flexibility index (Phi) is 4.96. The Balaban J connectivity index is 2.00. The third kappa shape index (κ3) is 4.06. The molecule has 0 aliphatic heterocycles. The number of aromatic nitrogens is 2. The summed E-state index contributed by atoms with van der Waals surface area (Å²) in [5, 5.41) is 3.44. The highest BCUT2D eigenvalue weighted by atomic mass is 15.3. The van der Waals surface area contributed by atoms with Crippen LogP contribution in [-0.2, 0) is 0 Å². The van der Waals surface area contributed by atoms with Gasteiger partial charge in [0.25, 0.3) is 0 Å². The lowest BCUT2D eigenvalue weighted by molar-refractivity contribution is 0.373. The van der Waals surface area contributed by atoms with Crippen LogP contribution >= 0.6 is 0 Å². The fourth-order valence-electron chi connectivity index (χ4n) is 2.53. The molecule has 0 saturated heterocycles. The summed E-state index contributed by atoms with van der Waals surface area (Å²) in [5.41, 5.74) is 2.61. The molecule has 5 heteroatoms. The summed E-state index contributed by atoms with van der Waals surface area (Å²) < 4.78 is 0. The summed E-state index contributed by atoms with van der Waals surface area (Å²) in [6.45, 7) is 5.17. The Morgan fingerprint density at radius 1 is 1.21 bits per heavy atom. The molecule has 1 aliphatic rings. The molecule has 19 heavy (non-hydrogen) atoms. The predicted octanol–water partition coefficient (Wildman–Crippen LogP) is 2.88. The Labute approximate surface area is 115 Å². The van der Waals surface area contributed by atoms with Crippen LogP contribution in [0.1, 0.15) is 57.7 Å². The summed E-state index contributed by atoms with van der Waals surface area (Å²) in [6, 6.07) is 1.87. The molecule has 0 atom stereocenters. The van der Waals surface area contributed by atoms with E-state index in [4.69, 9.17) is 5.84 Å². The van der Waals surface area contributed by atoms with Crippen molar-refractivity contribution < 1.29 is 0 Å². The molecule has 106 valence electrons. The van der Waals surface area contributed by atoms with E-state index in [1.165, 1.54) is 32.1 Å². The van der Waals surface area contributed by atoms with Gasteiger partial charge in [0.05, 0.1) is 0 Å². The van der Waals surface area contributed by atoms with Crippen LogP contribution in [0.5, 0.6) is 0 Å². The second-order valence-corrected chi connectivity index (χ2v) is 5.68. The lowest BCUT2D eigenvalue weighted by atomic mass is 9.89. The second-order valence-electron chi connectivity index (χ2n) is 5.68. The van der Waals surface area contributed by atoms with Gasteiger partial charge in [-0.1, -0.05) is 33.1 Å². The number of nitrogens with zero attached hydrogens (tertiary/aromatic N) is 2. The minimum atomic E-state index is 0.295. The summed E-state index contributed by atoms with van der Waals surface area (Å²) in [4.78, 5) is 8.91. The number of anilines is 2. The van der Waals surface area contributed by atoms with Gasteiger partial charge in [-0.25, -0.2) is 15.8 Å². The van der Waals surface area contributed by atoms with Crippen LogP contribution in [-0.4, -0.2) is 16.5 Å². The molecule has 1 aliphatic carbocycles. The molecule has 1 aromatic rings. The molecule has 0 spiro atoms. The Hall–Kier alpha value is -1.36. The van der Waals surface area contributed by atoms with Crippen LogP contribution in [0.15, 0.2) is 6.07 Å². The summed E-state index contributed by atoms with van der Waals surface area (Å²) in [5.74, 6) is 8.90. The lowest BCUT2D eigenvalue weighted by Gasteiger charge is -2.22. The van der Waals surface area contributed by atoms with Crippen LogP contribution in [0, 0.1) is 5.92 Å². The zero-order valence-electron chi connectivity index (χ0n) is 11.9. The fourth-order valence-corrected chi connectivity index (χ4v) is 2.53. The number of nitrogen functional groups attached to an aromatic ring is 1. The number of hydrazine groups is 1. The molecule has 1 saturated carbocycles. The predicted molar refractivity (Wildman–Crippen MR) is 79.0 cm³/mol. The molecular formula is C14H25N5. The maximum absolute atomic E-state index is 5.46. The first-order valence-electron chi connectivity index (χ1n) is 7.28. The zero-order valence-corrected chi connectivity index (χ0v) is 11.9. The van der Waals surface area contributed by atoms with Gasteiger partial charge in [-0.15, -0.1) is 0 Å². The molecule has 0 aromatic carbocycles. The molecule has 2 rings (SSSR count). The average Bonchev–Trinajstić information content (AvgIpc) is 2.45. The van der Waals surface area contributed by atoms with Gasteiger partial charge in [0.15, 0.2) is 0 Å². The number of hydrogen-bond donors (Lipinski definition) is 3. The van der Waals surface area contributed by atoms with Crippen molar-refractivity contribution in [1.82, 2.24) is 9.97 Å². The van der Waals surface area contributed by atoms with Gasteiger partial charge in [0.2, 0.25) is 0 Å². The van der Waals surface area contributed by atoms with Crippen LogP contribution in [0.2, 0.25) is 0 Å². The minimum absolute atomic E-state index is 0.295. The highest BCUT2D eigenvalue weighted by Crippen LogP contribution is 2.24. The molecule has 1 heterocycles. The third-order valence-corrected chi connectivity index (χ3v) is 3.70. The summed E-state index contributed by atoms with van der Waals surface area (Å²) in [7, 11) is 0. The van der Waals surface area contributed by atoms with Crippen molar-refractivity contribution in [1.29, 1.82) is 0 Å². The Morgan fingerprint density at radius 2 is 1.89 bits per heavy atom. The van der Waals surface area contributed by atoms with Crippen molar-refractivity contribution in [2.24, 2.45) is 11.8 Å². The number of nitrogens with one attached hydrogen (secondary N) is 2. The molecule has 4 N–H and O–H groups in total. The van der Waals surface area contributed by atoms with Gasteiger partial charge in [-0.3, -0.25) is 0 Å². The molecular weight excluding hydrogens is 238 g/mol. The summed E-state index contributed by atoms with van der Waals surface area (Å²) >= 11 is 0. The molecule has 0 bridgehead atoms. The van der Waals surface area contributed by atoms with E-state index in [0.717, 1.165) is 24.1 Å². The SMILES string of the molecule is CC(C)c1nc(NN)cc(NCC2CCCCC2)n1. The van der Waals surface area contributed by atoms with Gasteiger partial charge >= 0.3 is 0 Å². The standard InChI is InChI=1S/C14H25N5/c1-10(2)14-17-12(8-13(18-14)19-15)16-9-11-6-4-3-5-7-11/h8,10-11H,3-7,9,15H2,1-2H3,(H2,16,17,18,19). The van der Waals surface area contributed by atoms with Crippen molar-refractivity contribution in [2.45, 2.75) is 51.9 Å². The molecule has 0 unspecified atom stereocenters. The van der Waals surface area contributed by atoms with Gasteiger partial charge in [-0.05, 0) is 18.8 Å². The quantitative estimate of drug-likeness (QED) is 0.562. The highest BCUT2D eigenvalue weighted by molar-refractivity contribution is 5.47. The van der Waals surface area contributed by atoms with Crippen LogP contribution in [0.4, 0.5) is 11.6 Å². The number of rotatable bonds is 5. The topological polar surface area (TPSA) is 75.9 Å². The van der Waals surface area contributed by atoms with E-state index in [2.05, 4.69) is 34.6 Å². The van der Waals surface area contributed by atoms with E-state index in [-0.39, 0.29) is 0 Å². The average molecular weight is 263 g/mol. The van der Waals surface area contributed by atoms with Crippen LogP contribution in [0.25, 0.3) is 0 Å². The van der Waals surface area contributed by atoms with Crippen molar-refractivity contribution in [3.05, 3.63) is 11.9 Å². The first kappa shape index (κ1) is 14.1. The second kappa shape index (κ2) is 6.70. The lowest BCUT2D eigenvalue weighted by Crippen LogP contribution is -2.19. The zero-order chi connectivity index (χ0) is 13.7. The third-order valence-electron chi connectivity index (χ3n) is 3.70. The first-order chi connectivity index (χ1) is 9.19. The van der Waals surface area contributed by atoms with Crippen LogP contribution in [0.3, 0.4) is 0 Å². The maximum atomic E-state index is 5.46. The van der Waals surface area contributed by atoms with Gasteiger partial charge in [-0.2, -0.15) is 0 Å². The van der Waals surface area contributed by atoms with E-state index in [1.807, 2.05) is 6.07 Å². The highest BCUT2D eigenvalue weighted by Gasteiger charge is 2.14. The molecule has 1 fully saturated rings. The summed E-state index contributed by atoms with van der Waals surface area (Å²) in [6.07, 6.45) is 6.78. The van der Waals surface area contributed by atoms with E-state index in [0.29, 0.717) is 11.7 Å². The van der Waals surface area contributed by atoms with E-state index >= 15 is 0 Å². The first-order valence-corrected chi connectivity index (χ1v) is 7.28. The Bertz CT molecular complexity index is 399. The van der Waals surface area contributed by atoms with E-state index < -0.39 is 0 Å². The normalized spacial score (nSPS) is 16.6. The van der Waals surface area contributed by atoms with Crippen molar-refractivity contribution >= 4 is 11.6 Å².